The Balaban J connectivity index is 2.11. The molecule has 0 spiro atoms. The molecular weight excluding hydrogens is 254 g/mol. The van der Waals surface area contributed by atoms with Gasteiger partial charge in [0.25, 0.3) is 0 Å². The Labute approximate surface area is 127 Å². The van der Waals surface area contributed by atoms with Crippen LogP contribution in [-0.4, -0.2) is 0 Å². The Hall–Kier alpha value is -2.33. The van der Waals surface area contributed by atoms with E-state index in [1.54, 1.807) is 0 Å². The van der Waals surface area contributed by atoms with E-state index < -0.39 is 5.41 Å². The number of benzene rings is 2. The Morgan fingerprint density at radius 3 is 2.19 bits per heavy atom. The zero-order chi connectivity index (χ0) is 15.1. The van der Waals surface area contributed by atoms with Crippen LogP contribution >= 0.6 is 0 Å². The van der Waals surface area contributed by atoms with Gasteiger partial charge in [-0.1, -0.05) is 79.7 Å². The predicted octanol–water partition coefficient (Wildman–Crippen LogP) is 5.42. The van der Waals surface area contributed by atoms with Crippen molar-refractivity contribution in [3.05, 3.63) is 77.9 Å². The van der Waals surface area contributed by atoms with Crippen LogP contribution in [0.3, 0.4) is 0 Å². The lowest BCUT2D eigenvalue weighted by atomic mass is 9.73. The summed E-state index contributed by atoms with van der Waals surface area (Å²) in [6.07, 6.45) is 4.94. The van der Waals surface area contributed by atoms with E-state index in [1.807, 2.05) is 43.3 Å². The van der Waals surface area contributed by atoms with Crippen molar-refractivity contribution in [1.29, 1.82) is 5.26 Å². The molecule has 1 heteroatoms. The number of rotatable bonds is 5. The Morgan fingerprint density at radius 1 is 1.05 bits per heavy atom. The smallest absolute Gasteiger partial charge is 0.0696 e. The second-order valence-corrected chi connectivity index (χ2v) is 5.68. The highest BCUT2D eigenvalue weighted by Crippen LogP contribution is 2.38. The summed E-state index contributed by atoms with van der Waals surface area (Å²) < 4.78 is 0. The SMILES string of the molecule is C[C@@H](c1ccccc1)[C@@](C)(C#N)C/C=C/c1ccccc1. The molecule has 1 nitrogen and oxygen atoms in total. The first-order valence-corrected chi connectivity index (χ1v) is 7.33. The van der Waals surface area contributed by atoms with Crippen molar-refractivity contribution in [2.45, 2.75) is 26.2 Å². The largest absolute Gasteiger partial charge is 0.198 e. The van der Waals surface area contributed by atoms with Gasteiger partial charge in [-0.2, -0.15) is 5.26 Å². The summed E-state index contributed by atoms with van der Waals surface area (Å²) in [5.74, 6) is 0.198. The van der Waals surface area contributed by atoms with E-state index in [4.69, 9.17) is 0 Å². The summed E-state index contributed by atoms with van der Waals surface area (Å²) in [6, 6.07) is 23.0. The van der Waals surface area contributed by atoms with Gasteiger partial charge in [-0.15, -0.1) is 0 Å². The van der Waals surface area contributed by atoms with Crippen molar-refractivity contribution >= 4 is 6.08 Å². The topological polar surface area (TPSA) is 23.8 Å². The zero-order valence-electron chi connectivity index (χ0n) is 12.7. The van der Waals surface area contributed by atoms with Crippen LogP contribution < -0.4 is 0 Å². The van der Waals surface area contributed by atoms with E-state index >= 15 is 0 Å². The summed E-state index contributed by atoms with van der Waals surface area (Å²) in [5.41, 5.74) is 1.99. The molecule has 0 aliphatic rings. The second-order valence-electron chi connectivity index (χ2n) is 5.68. The fourth-order valence-electron chi connectivity index (χ4n) is 2.43. The lowest BCUT2D eigenvalue weighted by Crippen LogP contribution is -2.21. The molecule has 0 N–H and O–H groups in total. The van der Waals surface area contributed by atoms with Gasteiger partial charge in [-0.05, 0) is 30.4 Å². The molecule has 21 heavy (non-hydrogen) atoms. The molecule has 0 unspecified atom stereocenters. The highest BCUT2D eigenvalue weighted by molar-refractivity contribution is 5.49. The molecule has 0 aliphatic carbocycles. The van der Waals surface area contributed by atoms with Gasteiger partial charge in [0.05, 0.1) is 11.5 Å². The zero-order valence-corrected chi connectivity index (χ0v) is 12.7. The van der Waals surface area contributed by atoms with E-state index in [0.717, 1.165) is 6.42 Å². The fraction of sp³-hybridized carbons (Fsp3) is 0.250. The number of nitrogens with zero attached hydrogens (tertiary/aromatic N) is 1. The van der Waals surface area contributed by atoms with Crippen LogP contribution in [-0.2, 0) is 0 Å². The van der Waals surface area contributed by atoms with Crippen LogP contribution in [0.2, 0.25) is 0 Å². The quantitative estimate of drug-likeness (QED) is 0.714. The maximum Gasteiger partial charge on any atom is 0.0696 e. The van der Waals surface area contributed by atoms with E-state index in [9.17, 15) is 5.26 Å². The number of nitriles is 1. The molecule has 0 bridgehead atoms. The minimum atomic E-state index is -0.396. The summed E-state index contributed by atoms with van der Waals surface area (Å²) in [6.45, 7) is 4.18. The molecule has 2 rings (SSSR count). The molecule has 0 saturated heterocycles. The van der Waals surface area contributed by atoms with Gasteiger partial charge in [0.2, 0.25) is 0 Å². The van der Waals surface area contributed by atoms with E-state index in [2.05, 4.69) is 49.4 Å². The molecule has 0 radical (unpaired) electrons. The fourth-order valence-corrected chi connectivity index (χ4v) is 2.43. The molecule has 106 valence electrons. The summed E-state index contributed by atoms with van der Waals surface area (Å²) >= 11 is 0. The second kappa shape index (κ2) is 6.90. The van der Waals surface area contributed by atoms with Crippen molar-refractivity contribution < 1.29 is 0 Å². The maximum absolute atomic E-state index is 9.63. The van der Waals surface area contributed by atoms with Gasteiger partial charge in [-0.25, -0.2) is 0 Å². The maximum atomic E-state index is 9.63. The van der Waals surface area contributed by atoms with E-state index in [-0.39, 0.29) is 5.92 Å². The van der Waals surface area contributed by atoms with Crippen LogP contribution in [0.1, 0.15) is 37.3 Å². The van der Waals surface area contributed by atoms with Crippen molar-refractivity contribution in [2.24, 2.45) is 5.41 Å². The number of allylic oxidation sites excluding steroid dienone is 1. The Bertz CT molecular complexity index is 622. The number of hydrogen-bond acceptors (Lipinski definition) is 1. The molecule has 2 aromatic rings. The first-order valence-electron chi connectivity index (χ1n) is 7.33. The Morgan fingerprint density at radius 2 is 1.62 bits per heavy atom. The minimum absolute atomic E-state index is 0.198. The van der Waals surface area contributed by atoms with Crippen molar-refractivity contribution in [2.75, 3.05) is 0 Å². The van der Waals surface area contributed by atoms with Gasteiger partial charge in [-0.3, -0.25) is 0 Å². The Kier molecular flexibility index (Phi) is 4.95. The third-order valence-corrected chi connectivity index (χ3v) is 4.16. The van der Waals surface area contributed by atoms with Crippen LogP contribution in [0.25, 0.3) is 6.08 Å². The van der Waals surface area contributed by atoms with Gasteiger partial charge >= 0.3 is 0 Å². The van der Waals surface area contributed by atoms with Gasteiger partial charge < -0.3 is 0 Å². The highest BCUT2D eigenvalue weighted by Gasteiger charge is 2.30. The third-order valence-electron chi connectivity index (χ3n) is 4.16. The molecule has 2 aromatic carbocycles. The molecule has 0 aliphatic heterocycles. The van der Waals surface area contributed by atoms with Crippen LogP contribution in [0.4, 0.5) is 0 Å². The first kappa shape index (κ1) is 15.1. The van der Waals surface area contributed by atoms with Gasteiger partial charge in [0.15, 0.2) is 0 Å². The van der Waals surface area contributed by atoms with Crippen LogP contribution in [0.15, 0.2) is 66.7 Å². The minimum Gasteiger partial charge on any atom is -0.198 e. The van der Waals surface area contributed by atoms with Crippen molar-refractivity contribution in [3.63, 3.8) is 0 Å². The summed E-state index contributed by atoms with van der Waals surface area (Å²) in [7, 11) is 0. The molecule has 0 heterocycles. The molecule has 0 fully saturated rings. The lowest BCUT2D eigenvalue weighted by molar-refractivity contribution is 0.372. The monoisotopic (exact) mass is 275 g/mol. The lowest BCUT2D eigenvalue weighted by Gasteiger charge is -2.28. The molecule has 2 atom stereocenters. The van der Waals surface area contributed by atoms with Crippen LogP contribution in [0.5, 0.6) is 0 Å². The van der Waals surface area contributed by atoms with Crippen LogP contribution in [0, 0.1) is 16.7 Å². The van der Waals surface area contributed by atoms with Crippen molar-refractivity contribution in [1.82, 2.24) is 0 Å². The standard InChI is InChI=1S/C20H21N/c1-17(19-13-7-4-8-14-19)20(2,16-21)15-9-12-18-10-5-3-6-11-18/h3-14,17H,15H2,1-2H3/b12-9+/t17-,20+/m0/s1. The molecule has 0 amide bonds. The van der Waals surface area contributed by atoms with Gasteiger partial charge in [0, 0.05) is 0 Å². The van der Waals surface area contributed by atoms with E-state index in [1.165, 1.54) is 11.1 Å². The summed E-state index contributed by atoms with van der Waals surface area (Å²) in [4.78, 5) is 0. The third kappa shape index (κ3) is 3.83. The molecule has 0 aromatic heterocycles. The number of hydrogen-bond donors (Lipinski definition) is 0. The first-order chi connectivity index (χ1) is 10.2. The highest BCUT2D eigenvalue weighted by atomic mass is 14.4. The average molecular weight is 275 g/mol. The molecular formula is C20H21N. The summed E-state index contributed by atoms with van der Waals surface area (Å²) in [5, 5.41) is 9.63. The average Bonchev–Trinajstić information content (AvgIpc) is 2.56. The van der Waals surface area contributed by atoms with E-state index in [0.29, 0.717) is 0 Å². The predicted molar refractivity (Wildman–Crippen MR) is 88.7 cm³/mol. The normalized spacial score (nSPS) is 15.3. The molecule has 0 saturated carbocycles. The van der Waals surface area contributed by atoms with Crippen molar-refractivity contribution in [3.8, 4) is 6.07 Å². The van der Waals surface area contributed by atoms with Gasteiger partial charge in [0.1, 0.15) is 0 Å².